The number of phenols is 1. The van der Waals surface area contributed by atoms with Gasteiger partial charge in [0.25, 0.3) is 0 Å². The number of nitrogens with one attached hydrogen (secondary N) is 2. The maximum Gasteiger partial charge on any atom is 0.233 e. The number of aromatic nitrogens is 4. The molecule has 0 amide bonds. The predicted molar refractivity (Wildman–Crippen MR) is 105 cm³/mol. The highest BCUT2D eigenvalue weighted by atomic mass is 19.1. The second-order valence-corrected chi connectivity index (χ2v) is 7.71. The maximum absolute atomic E-state index is 14.7. The van der Waals surface area contributed by atoms with Crippen LogP contribution in [0, 0.1) is 0 Å². The fourth-order valence-electron chi connectivity index (χ4n) is 4.29. The van der Waals surface area contributed by atoms with E-state index in [9.17, 15) is 9.50 Å². The fourth-order valence-corrected chi connectivity index (χ4v) is 4.29. The quantitative estimate of drug-likeness (QED) is 0.628. The smallest absolute Gasteiger partial charge is 0.233 e. The van der Waals surface area contributed by atoms with Crippen molar-refractivity contribution in [2.24, 2.45) is 0 Å². The van der Waals surface area contributed by atoms with Gasteiger partial charge in [0.05, 0.1) is 11.9 Å². The zero-order chi connectivity index (χ0) is 19.8. The number of aromatic hydroxyl groups is 1. The highest BCUT2D eigenvalue weighted by molar-refractivity contribution is 5.73. The molecule has 4 atom stereocenters. The molecule has 0 saturated carbocycles. The molecule has 29 heavy (non-hydrogen) atoms. The van der Waals surface area contributed by atoms with Crippen molar-refractivity contribution in [1.29, 1.82) is 0 Å². The Balaban J connectivity index is 1.31. The first-order chi connectivity index (χ1) is 14.2. The van der Waals surface area contributed by atoms with Crippen LogP contribution < -0.4 is 10.1 Å². The van der Waals surface area contributed by atoms with Gasteiger partial charge in [0, 0.05) is 41.9 Å². The molecule has 3 N–H and O–H groups in total. The molecule has 5 rings (SSSR count). The molecule has 2 fully saturated rings. The number of benzene rings is 1. The van der Waals surface area contributed by atoms with Gasteiger partial charge in [-0.1, -0.05) is 12.5 Å². The lowest BCUT2D eigenvalue weighted by molar-refractivity contribution is 0.00652. The molecule has 0 radical (unpaired) electrons. The van der Waals surface area contributed by atoms with Crippen molar-refractivity contribution in [3.8, 4) is 34.0 Å². The molecule has 0 aliphatic carbocycles. The third-order valence-electron chi connectivity index (χ3n) is 5.79. The van der Waals surface area contributed by atoms with Crippen LogP contribution in [0.2, 0.25) is 0 Å². The first kappa shape index (κ1) is 18.1. The van der Waals surface area contributed by atoms with E-state index in [0.717, 1.165) is 30.4 Å². The van der Waals surface area contributed by atoms with Crippen molar-refractivity contribution < 1.29 is 14.2 Å². The van der Waals surface area contributed by atoms with E-state index in [0.29, 0.717) is 29.6 Å². The van der Waals surface area contributed by atoms with Crippen molar-refractivity contribution in [1.82, 2.24) is 25.7 Å². The number of aromatic amines is 1. The second kappa shape index (κ2) is 7.44. The Bertz CT molecular complexity index is 979. The van der Waals surface area contributed by atoms with E-state index in [1.54, 1.807) is 36.7 Å². The summed E-state index contributed by atoms with van der Waals surface area (Å²) in [6.45, 7) is 0. The van der Waals surface area contributed by atoms with Gasteiger partial charge in [0.1, 0.15) is 11.9 Å². The monoisotopic (exact) mass is 395 g/mol. The molecule has 1 aromatic carbocycles. The predicted octanol–water partition coefficient (Wildman–Crippen LogP) is 3.24. The number of rotatable bonds is 4. The Morgan fingerprint density at radius 2 is 2.03 bits per heavy atom. The summed E-state index contributed by atoms with van der Waals surface area (Å²) in [5.41, 5.74) is 2.82. The molecule has 150 valence electrons. The number of fused-ring (bicyclic) bond motifs is 2. The van der Waals surface area contributed by atoms with Crippen LogP contribution in [0.3, 0.4) is 0 Å². The molecule has 7 nitrogen and oxygen atoms in total. The average molecular weight is 395 g/mol. The van der Waals surface area contributed by atoms with Crippen molar-refractivity contribution in [3.05, 3.63) is 42.7 Å². The first-order valence-electron chi connectivity index (χ1n) is 9.90. The molecule has 4 heterocycles. The van der Waals surface area contributed by atoms with Gasteiger partial charge in [-0.2, -0.15) is 5.10 Å². The average Bonchev–Trinajstić information content (AvgIpc) is 3.28. The van der Waals surface area contributed by atoms with Crippen LogP contribution in [0.5, 0.6) is 11.6 Å². The van der Waals surface area contributed by atoms with Gasteiger partial charge in [-0.3, -0.25) is 5.10 Å². The van der Waals surface area contributed by atoms with Gasteiger partial charge in [0.15, 0.2) is 6.17 Å². The third-order valence-corrected chi connectivity index (χ3v) is 5.79. The van der Waals surface area contributed by atoms with Crippen molar-refractivity contribution >= 4 is 0 Å². The van der Waals surface area contributed by atoms with E-state index < -0.39 is 12.3 Å². The van der Waals surface area contributed by atoms with Gasteiger partial charge in [-0.25, -0.2) is 4.39 Å². The van der Waals surface area contributed by atoms with Crippen LogP contribution in [0.4, 0.5) is 4.39 Å². The van der Waals surface area contributed by atoms with Crippen LogP contribution in [-0.2, 0) is 0 Å². The van der Waals surface area contributed by atoms with Crippen LogP contribution in [0.1, 0.15) is 25.7 Å². The number of alkyl halides is 1. The number of halogens is 1. The number of H-pyrrole nitrogens is 1. The van der Waals surface area contributed by atoms with Crippen molar-refractivity contribution in [2.75, 3.05) is 0 Å². The van der Waals surface area contributed by atoms with E-state index in [1.165, 1.54) is 0 Å². The number of piperidine rings is 2. The Kier molecular flexibility index (Phi) is 4.63. The summed E-state index contributed by atoms with van der Waals surface area (Å²) in [4.78, 5) is 0. The summed E-state index contributed by atoms with van der Waals surface area (Å²) in [5, 5.41) is 28.7. The van der Waals surface area contributed by atoms with E-state index in [1.807, 2.05) is 6.07 Å². The number of nitrogens with zero attached hydrogens (tertiary/aromatic N) is 3. The number of phenolic OH excluding ortho intramolecular Hbond substituents is 1. The van der Waals surface area contributed by atoms with E-state index in [-0.39, 0.29) is 11.8 Å². The van der Waals surface area contributed by atoms with Crippen LogP contribution in [0.15, 0.2) is 42.7 Å². The topological polar surface area (TPSA) is 96.0 Å². The van der Waals surface area contributed by atoms with Crippen LogP contribution >= 0.6 is 0 Å². The van der Waals surface area contributed by atoms with E-state index >= 15 is 0 Å². The zero-order valence-electron chi connectivity index (χ0n) is 15.8. The minimum atomic E-state index is -1.05. The molecule has 2 aromatic heterocycles. The van der Waals surface area contributed by atoms with E-state index in [4.69, 9.17) is 4.74 Å². The Morgan fingerprint density at radius 1 is 1.10 bits per heavy atom. The van der Waals surface area contributed by atoms with Crippen LogP contribution in [0.25, 0.3) is 22.4 Å². The van der Waals surface area contributed by atoms with Crippen molar-refractivity contribution in [3.63, 3.8) is 0 Å². The molecule has 0 spiro atoms. The van der Waals surface area contributed by atoms with Gasteiger partial charge in [-0.05, 0) is 36.6 Å². The lowest BCUT2D eigenvalue weighted by Gasteiger charge is -2.42. The van der Waals surface area contributed by atoms with Gasteiger partial charge >= 0.3 is 0 Å². The first-order valence-corrected chi connectivity index (χ1v) is 9.90. The summed E-state index contributed by atoms with van der Waals surface area (Å²) in [7, 11) is 0. The molecular weight excluding hydrogens is 373 g/mol. The molecule has 2 saturated heterocycles. The second-order valence-electron chi connectivity index (χ2n) is 7.71. The van der Waals surface area contributed by atoms with Gasteiger partial charge in [0.2, 0.25) is 5.88 Å². The van der Waals surface area contributed by atoms with Gasteiger partial charge < -0.3 is 15.2 Å². The van der Waals surface area contributed by atoms with Crippen molar-refractivity contribution in [2.45, 2.75) is 50.0 Å². The molecule has 3 aromatic rings. The largest absolute Gasteiger partial charge is 0.507 e. The Labute approximate surface area is 167 Å². The number of hydrogen-bond acceptors (Lipinski definition) is 6. The molecular formula is C21H22FN5O2. The SMILES string of the molecule is Oc1cc(-c2cn[nH]c2)ccc1-c1ccc(O[C@H]2C[C@H]3CCC[C@H](N3)[C@H]2F)nn1. The molecule has 2 bridgehead atoms. The maximum atomic E-state index is 14.7. The van der Waals surface area contributed by atoms with Crippen LogP contribution in [-0.4, -0.2) is 49.9 Å². The molecule has 0 unspecified atom stereocenters. The standard InChI is InChI=1S/C21H22FN5O2/c22-21-17-3-1-2-14(25-17)9-19(21)29-20-7-6-16(26-27-20)15-5-4-12(8-18(15)28)13-10-23-24-11-13/h4-8,10-11,14,17,19,21,25,28H,1-3,9H2,(H,23,24)/t14-,17+,19+,21-/m1/s1. The highest BCUT2D eigenvalue weighted by Crippen LogP contribution is 2.33. The minimum absolute atomic E-state index is 0.0988. The molecule has 8 heteroatoms. The summed E-state index contributed by atoms with van der Waals surface area (Å²) >= 11 is 0. The third kappa shape index (κ3) is 3.55. The normalized spacial score (nSPS) is 26.2. The number of ether oxygens (including phenoxy) is 1. The number of hydrogen-bond donors (Lipinski definition) is 3. The Hall–Kier alpha value is -3.00. The molecule has 2 aliphatic rings. The lowest BCUT2D eigenvalue weighted by atomic mass is 9.84. The Morgan fingerprint density at radius 3 is 2.79 bits per heavy atom. The zero-order valence-corrected chi connectivity index (χ0v) is 15.8. The minimum Gasteiger partial charge on any atom is -0.507 e. The summed E-state index contributed by atoms with van der Waals surface area (Å²) in [6.07, 6.45) is 5.49. The fraction of sp³-hybridized carbons (Fsp3) is 0.381. The summed E-state index contributed by atoms with van der Waals surface area (Å²) in [5.74, 6) is 0.401. The van der Waals surface area contributed by atoms with Gasteiger partial charge in [-0.15, -0.1) is 10.2 Å². The summed E-state index contributed by atoms with van der Waals surface area (Å²) < 4.78 is 20.5. The molecule has 2 aliphatic heterocycles. The summed E-state index contributed by atoms with van der Waals surface area (Å²) in [6, 6.07) is 8.91. The van der Waals surface area contributed by atoms with E-state index in [2.05, 4.69) is 25.7 Å². The highest BCUT2D eigenvalue weighted by Gasteiger charge is 2.41. The lowest BCUT2D eigenvalue weighted by Crippen LogP contribution is -2.59.